The molecule has 9 heteroatoms. The van der Waals surface area contributed by atoms with Gasteiger partial charge in [0.1, 0.15) is 18.1 Å². The number of benzene rings is 2. The van der Waals surface area contributed by atoms with Gasteiger partial charge in [-0.3, -0.25) is 19.5 Å². The molecule has 0 aliphatic heterocycles. The van der Waals surface area contributed by atoms with Crippen LogP contribution in [0.25, 0.3) is 11.0 Å². The van der Waals surface area contributed by atoms with Gasteiger partial charge in [0.05, 0.1) is 12.1 Å². The highest BCUT2D eigenvalue weighted by atomic mass is 16.5. The Morgan fingerprint density at radius 3 is 2.53 bits per heavy atom. The number of hydrogen-bond acceptors (Lipinski definition) is 6. The zero-order valence-corrected chi connectivity index (χ0v) is 19.1. The Morgan fingerprint density at radius 2 is 1.79 bits per heavy atom. The van der Waals surface area contributed by atoms with Crippen molar-refractivity contribution in [3.05, 3.63) is 84.2 Å². The largest absolute Gasteiger partial charge is 0.383 e. The van der Waals surface area contributed by atoms with Gasteiger partial charge in [-0.15, -0.1) is 5.10 Å². The number of methoxy groups -OCH3 is 1. The monoisotopic (exact) mass is 458 g/mol. The maximum Gasteiger partial charge on any atom is 0.249 e. The maximum atomic E-state index is 13.8. The molecule has 0 saturated heterocycles. The minimum absolute atomic E-state index is 0.0820. The smallest absolute Gasteiger partial charge is 0.249 e. The first-order chi connectivity index (χ1) is 16.6. The molecule has 2 aromatic heterocycles. The van der Waals surface area contributed by atoms with Crippen molar-refractivity contribution in [2.24, 2.45) is 0 Å². The molecular weight excluding hydrogens is 432 g/mol. The van der Waals surface area contributed by atoms with E-state index in [2.05, 4.69) is 20.6 Å². The Morgan fingerprint density at radius 1 is 1.06 bits per heavy atom. The highest BCUT2D eigenvalue weighted by Crippen LogP contribution is 2.29. The van der Waals surface area contributed by atoms with Crippen LogP contribution in [0, 0.1) is 6.92 Å². The summed E-state index contributed by atoms with van der Waals surface area (Å²) in [5.74, 6) is -0.621. The summed E-state index contributed by atoms with van der Waals surface area (Å²) in [7, 11) is 1.57. The number of nitrogens with one attached hydrogen (secondary N) is 1. The van der Waals surface area contributed by atoms with Crippen molar-refractivity contribution in [3.63, 3.8) is 0 Å². The molecule has 174 valence electrons. The summed E-state index contributed by atoms with van der Waals surface area (Å²) < 4.78 is 6.62. The molecule has 0 radical (unpaired) electrons. The van der Waals surface area contributed by atoms with E-state index in [4.69, 9.17) is 4.74 Å². The van der Waals surface area contributed by atoms with Crippen LogP contribution in [0.4, 0.5) is 5.69 Å². The SMILES string of the molecule is COCCNC(=O)[C@H](c1ccncc1)N(C(=O)Cn1nnc2ccccc21)c1ccc(C)cc1. The average molecular weight is 459 g/mol. The Balaban J connectivity index is 1.75. The molecule has 4 rings (SSSR count). The lowest BCUT2D eigenvalue weighted by Gasteiger charge is -2.31. The van der Waals surface area contributed by atoms with Crippen LogP contribution in [0.1, 0.15) is 17.2 Å². The van der Waals surface area contributed by atoms with Gasteiger partial charge in [-0.2, -0.15) is 0 Å². The normalized spacial score (nSPS) is 11.8. The molecule has 2 amide bonds. The first-order valence-corrected chi connectivity index (χ1v) is 10.9. The van der Waals surface area contributed by atoms with Crippen molar-refractivity contribution in [3.8, 4) is 0 Å². The van der Waals surface area contributed by atoms with Gasteiger partial charge in [0, 0.05) is 31.7 Å². The molecule has 2 heterocycles. The fourth-order valence-electron chi connectivity index (χ4n) is 3.72. The lowest BCUT2D eigenvalue weighted by Crippen LogP contribution is -2.46. The lowest BCUT2D eigenvalue weighted by molar-refractivity contribution is -0.127. The third kappa shape index (κ3) is 5.10. The molecule has 9 nitrogen and oxygen atoms in total. The number of anilines is 1. The third-order valence-corrected chi connectivity index (χ3v) is 5.42. The fraction of sp³-hybridized carbons (Fsp3) is 0.240. The summed E-state index contributed by atoms with van der Waals surface area (Å²) in [6.07, 6.45) is 3.21. The molecular formula is C25H26N6O3. The van der Waals surface area contributed by atoms with Crippen molar-refractivity contribution in [1.82, 2.24) is 25.3 Å². The Labute approximate surface area is 197 Å². The molecule has 0 fully saturated rings. The average Bonchev–Trinajstić information content (AvgIpc) is 3.26. The summed E-state index contributed by atoms with van der Waals surface area (Å²) in [6.45, 7) is 2.56. The number of nitrogens with zero attached hydrogens (tertiary/aromatic N) is 5. The predicted octanol–water partition coefficient (Wildman–Crippen LogP) is 2.67. The summed E-state index contributed by atoms with van der Waals surface area (Å²) >= 11 is 0. The Kier molecular flexibility index (Phi) is 7.24. The number of aryl methyl sites for hydroxylation is 1. The van der Waals surface area contributed by atoms with Gasteiger partial charge in [0.25, 0.3) is 0 Å². The van der Waals surface area contributed by atoms with Gasteiger partial charge >= 0.3 is 0 Å². The van der Waals surface area contributed by atoms with Gasteiger partial charge in [-0.1, -0.05) is 35.0 Å². The predicted molar refractivity (Wildman–Crippen MR) is 128 cm³/mol. The third-order valence-electron chi connectivity index (χ3n) is 5.42. The standard InChI is InChI=1S/C25H26N6O3/c1-18-7-9-20(10-8-18)31(23(32)17-30-22-6-4-3-5-21(22)28-29-30)24(19-11-13-26-14-12-19)25(33)27-15-16-34-2/h3-14,24H,15-17H2,1-2H3,(H,27,33)/t24-/m0/s1. The number of pyridine rings is 1. The number of para-hydroxylation sites is 1. The molecule has 34 heavy (non-hydrogen) atoms. The van der Waals surface area contributed by atoms with Gasteiger partial charge in [0.2, 0.25) is 11.8 Å². The first kappa shape index (κ1) is 23.1. The molecule has 0 aliphatic carbocycles. The molecule has 2 aromatic carbocycles. The van der Waals surface area contributed by atoms with Gasteiger partial charge in [-0.25, -0.2) is 4.68 Å². The van der Waals surface area contributed by atoms with Crippen LogP contribution in [-0.2, 0) is 20.9 Å². The number of carbonyl (C=O) groups is 2. The van der Waals surface area contributed by atoms with E-state index in [1.54, 1.807) is 36.3 Å². The van der Waals surface area contributed by atoms with Crippen LogP contribution in [0.2, 0.25) is 0 Å². The second kappa shape index (κ2) is 10.7. The number of ether oxygens (including phenoxy) is 1. The van der Waals surface area contributed by atoms with E-state index in [9.17, 15) is 9.59 Å². The van der Waals surface area contributed by atoms with E-state index in [1.807, 2.05) is 55.5 Å². The van der Waals surface area contributed by atoms with Gasteiger partial charge in [-0.05, 0) is 48.9 Å². The lowest BCUT2D eigenvalue weighted by atomic mass is 10.0. The maximum absolute atomic E-state index is 13.8. The van der Waals surface area contributed by atoms with Crippen molar-refractivity contribution in [2.45, 2.75) is 19.5 Å². The molecule has 0 unspecified atom stereocenters. The topological polar surface area (TPSA) is 102 Å². The van der Waals surface area contributed by atoms with Crippen molar-refractivity contribution in [2.75, 3.05) is 25.2 Å². The highest BCUT2D eigenvalue weighted by Gasteiger charge is 2.33. The number of amides is 2. The zero-order valence-electron chi connectivity index (χ0n) is 19.1. The molecule has 1 atom stereocenters. The van der Waals surface area contributed by atoms with E-state index in [0.29, 0.717) is 29.9 Å². The van der Waals surface area contributed by atoms with Crippen LogP contribution >= 0.6 is 0 Å². The van der Waals surface area contributed by atoms with Gasteiger partial charge in [0.15, 0.2) is 0 Å². The second-order valence-corrected chi connectivity index (χ2v) is 7.80. The quantitative estimate of drug-likeness (QED) is 0.387. The number of rotatable bonds is 9. The molecule has 4 aromatic rings. The van der Waals surface area contributed by atoms with Crippen LogP contribution in [-0.4, -0.2) is 52.1 Å². The number of aromatic nitrogens is 4. The molecule has 0 spiro atoms. The molecule has 1 N–H and O–H groups in total. The Bertz CT molecular complexity index is 1260. The second-order valence-electron chi connectivity index (χ2n) is 7.80. The summed E-state index contributed by atoms with van der Waals surface area (Å²) in [5, 5.41) is 11.2. The van der Waals surface area contributed by atoms with E-state index in [-0.39, 0.29) is 18.4 Å². The van der Waals surface area contributed by atoms with E-state index < -0.39 is 6.04 Å². The van der Waals surface area contributed by atoms with E-state index in [1.165, 1.54) is 4.90 Å². The number of carbonyl (C=O) groups excluding carboxylic acids is 2. The fourth-order valence-corrected chi connectivity index (χ4v) is 3.72. The first-order valence-electron chi connectivity index (χ1n) is 10.9. The summed E-state index contributed by atoms with van der Waals surface area (Å²) in [6, 6.07) is 17.5. The highest BCUT2D eigenvalue weighted by molar-refractivity contribution is 6.01. The van der Waals surface area contributed by atoms with Crippen molar-refractivity contribution < 1.29 is 14.3 Å². The van der Waals surface area contributed by atoms with Gasteiger partial charge < -0.3 is 10.1 Å². The zero-order chi connectivity index (χ0) is 23.9. The molecule has 0 saturated carbocycles. The Hall–Kier alpha value is -4.11. The number of hydrogen-bond donors (Lipinski definition) is 1. The molecule has 0 aliphatic rings. The van der Waals surface area contributed by atoms with Crippen LogP contribution < -0.4 is 10.2 Å². The van der Waals surface area contributed by atoms with Crippen molar-refractivity contribution in [1.29, 1.82) is 0 Å². The van der Waals surface area contributed by atoms with Crippen LogP contribution in [0.5, 0.6) is 0 Å². The minimum Gasteiger partial charge on any atom is -0.383 e. The summed E-state index contributed by atoms with van der Waals surface area (Å²) in [4.78, 5) is 32.8. The van der Waals surface area contributed by atoms with E-state index in [0.717, 1.165) is 11.1 Å². The van der Waals surface area contributed by atoms with Crippen molar-refractivity contribution >= 4 is 28.5 Å². The van der Waals surface area contributed by atoms with Crippen LogP contribution in [0.3, 0.4) is 0 Å². The number of fused-ring (bicyclic) bond motifs is 1. The molecule has 0 bridgehead atoms. The minimum atomic E-state index is -0.912. The van der Waals surface area contributed by atoms with E-state index >= 15 is 0 Å². The van der Waals surface area contributed by atoms with Crippen LogP contribution in [0.15, 0.2) is 73.1 Å². The summed E-state index contributed by atoms with van der Waals surface area (Å²) in [5.41, 5.74) is 3.72.